The van der Waals surface area contributed by atoms with Crippen molar-refractivity contribution in [2.24, 2.45) is 0 Å². The van der Waals surface area contributed by atoms with Gasteiger partial charge >= 0.3 is 0 Å². The Morgan fingerprint density at radius 2 is 2.04 bits per heavy atom. The van der Waals surface area contributed by atoms with E-state index in [0.717, 1.165) is 22.4 Å². The summed E-state index contributed by atoms with van der Waals surface area (Å²) >= 11 is 0. The molecule has 0 aliphatic rings. The SMILES string of the molecule is Cc1c(C(=O)NCCc2cc3ccccc3o2)cnn1-c1ccccn1. The third-order valence-corrected chi connectivity index (χ3v) is 4.25. The van der Waals surface area contributed by atoms with Crippen LogP contribution in [0.1, 0.15) is 21.8 Å². The standard InChI is InChI=1S/C20H18N4O2/c1-14-17(13-23-24(14)19-8-4-5-10-21-19)20(25)22-11-9-16-12-15-6-2-3-7-18(15)26-16/h2-8,10,12-13H,9,11H2,1H3,(H,22,25). The van der Waals surface area contributed by atoms with E-state index in [9.17, 15) is 4.79 Å². The molecule has 1 N–H and O–H groups in total. The van der Waals surface area contributed by atoms with E-state index in [0.29, 0.717) is 24.3 Å². The maximum atomic E-state index is 12.5. The van der Waals surface area contributed by atoms with Gasteiger partial charge in [-0.15, -0.1) is 0 Å². The second-order valence-corrected chi connectivity index (χ2v) is 6.00. The molecule has 4 rings (SSSR count). The Morgan fingerprint density at radius 1 is 1.19 bits per heavy atom. The molecule has 0 aliphatic carbocycles. The summed E-state index contributed by atoms with van der Waals surface area (Å²) in [5.74, 6) is 1.39. The van der Waals surface area contributed by atoms with Gasteiger partial charge in [0.2, 0.25) is 0 Å². The topological polar surface area (TPSA) is 73.0 Å². The maximum absolute atomic E-state index is 12.5. The van der Waals surface area contributed by atoms with Gasteiger partial charge < -0.3 is 9.73 Å². The molecule has 0 saturated heterocycles. The summed E-state index contributed by atoms with van der Waals surface area (Å²) in [7, 11) is 0. The smallest absolute Gasteiger partial charge is 0.254 e. The lowest BCUT2D eigenvalue weighted by Crippen LogP contribution is -2.26. The molecule has 0 aliphatic heterocycles. The largest absolute Gasteiger partial charge is 0.461 e. The lowest BCUT2D eigenvalue weighted by molar-refractivity contribution is 0.0953. The van der Waals surface area contributed by atoms with Gasteiger partial charge in [-0.25, -0.2) is 9.67 Å². The van der Waals surface area contributed by atoms with Crippen LogP contribution in [0.3, 0.4) is 0 Å². The quantitative estimate of drug-likeness (QED) is 0.602. The molecule has 0 radical (unpaired) electrons. The van der Waals surface area contributed by atoms with E-state index in [4.69, 9.17) is 4.42 Å². The highest BCUT2D eigenvalue weighted by atomic mass is 16.3. The second-order valence-electron chi connectivity index (χ2n) is 6.00. The van der Waals surface area contributed by atoms with Gasteiger partial charge in [0.05, 0.1) is 17.5 Å². The highest BCUT2D eigenvalue weighted by Gasteiger charge is 2.15. The summed E-state index contributed by atoms with van der Waals surface area (Å²) in [4.78, 5) is 16.7. The van der Waals surface area contributed by atoms with Crippen LogP contribution in [0.2, 0.25) is 0 Å². The highest BCUT2D eigenvalue weighted by Crippen LogP contribution is 2.19. The summed E-state index contributed by atoms with van der Waals surface area (Å²) in [5.41, 5.74) is 2.16. The third kappa shape index (κ3) is 3.09. The normalized spacial score (nSPS) is 11.0. The van der Waals surface area contributed by atoms with Gasteiger partial charge in [0.1, 0.15) is 11.3 Å². The van der Waals surface area contributed by atoms with Crippen LogP contribution in [-0.2, 0) is 6.42 Å². The van der Waals surface area contributed by atoms with Crippen LogP contribution in [0, 0.1) is 6.92 Å². The average Bonchev–Trinajstić information content (AvgIpc) is 3.25. The zero-order chi connectivity index (χ0) is 17.9. The van der Waals surface area contributed by atoms with Crippen molar-refractivity contribution < 1.29 is 9.21 Å². The fourth-order valence-corrected chi connectivity index (χ4v) is 2.90. The highest BCUT2D eigenvalue weighted by molar-refractivity contribution is 5.95. The summed E-state index contributed by atoms with van der Waals surface area (Å²) in [6, 6.07) is 15.5. The number of fused-ring (bicyclic) bond motifs is 1. The number of hydrogen-bond donors (Lipinski definition) is 1. The minimum absolute atomic E-state index is 0.152. The molecule has 0 atom stereocenters. The lowest BCUT2D eigenvalue weighted by Gasteiger charge is -2.05. The van der Waals surface area contributed by atoms with E-state index < -0.39 is 0 Å². The molecule has 0 bridgehead atoms. The van der Waals surface area contributed by atoms with Crippen LogP contribution >= 0.6 is 0 Å². The van der Waals surface area contributed by atoms with Gasteiger partial charge in [-0.3, -0.25) is 4.79 Å². The molecule has 3 aromatic heterocycles. The van der Waals surface area contributed by atoms with Crippen molar-refractivity contribution in [1.29, 1.82) is 0 Å². The van der Waals surface area contributed by atoms with E-state index in [1.54, 1.807) is 17.1 Å². The minimum Gasteiger partial charge on any atom is -0.461 e. The molecule has 0 fully saturated rings. The number of benzene rings is 1. The number of para-hydroxylation sites is 1. The molecular formula is C20H18N4O2. The molecular weight excluding hydrogens is 328 g/mol. The summed E-state index contributed by atoms with van der Waals surface area (Å²) < 4.78 is 7.43. The third-order valence-electron chi connectivity index (χ3n) is 4.25. The molecule has 130 valence electrons. The number of pyridine rings is 1. The molecule has 1 amide bonds. The number of carbonyl (C=O) groups is 1. The fourth-order valence-electron chi connectivity index (χ4n) is 2.90. The van der Waals surface area contributed by atoms with Crippen LogP contribution in [-0.4, -0.2) is 27.2 Å². The first-order valence-corrected chi connectivity index (χ1v) is 8.44. The van der Waals surface area contributed by atoms with E-state index in [1.807, 2.05) is 55.5 Å². The van der Waals surface area contributed by atoms with Gasteiger partial charge in [-0.1, -0.05) is 24.3 Å². The second kappa shape index (κ2) is 6.84. The molecule has 0 spiro atoms. The zero-order valence-electron chi connectivity index (χ0n) is 14.3. The van der Waals surface area contributed by atoms with Gasteiger partial charge in [0.15, 0.2) is 5.82 Å². The van der Waals surface area contributed by atoms with Gasteiger partial charge in [0, 0.05) is 24.5 Å². The van der Waals surface area contributed by atoms with Crippen molar-refractivity contribution in [3.8, 4) is 5.82 Å². The van der Waals surface area contributed by atoms with Crippen LogP contribution in [0.25, 0.3) is 16.8 Å². The van der Waals surface area contributed by atoms with Crippen molar-refractivity contribution >= 4 is 16.9 Å². The molecule has 26 heavy (non-hydrogen) atoms. The molecule has 0 saturated carbocycles. The monoisotopic (exact) mass is 346 g/mol. The van der Waals surface area contributed by atoms with Crippen LogP contribution in [0.15, 0.2) is 65.3 Å². The first-order valence-electron chi connectivity index (χ1n) is 8.44. The Balaban J connectivity index is 1.41. The van der Waals surface area contributed by atoms with Crippen molar-refractivity contribution in [3.05, 3.63) is 77.9 Å². The van der Waals surface area contributed by atoms with Crippen LogP contribution < -0.4 is 5.32 Å². The summed E-state index contributed by atoms with van der Waals surface area (Å²) in [5, 5.41) is 8.27. The molecule has 6 nitrogen and oxygen atoms in total. The number of hydrogen-bond acceptors (Lipinski definition) is 4. The van der Waals surface area contributed by atoms with E-state index in [1.165, 1.54) is 0 Å². The van der Waals surface area contributed by atoms with E-state index in [2.05, 4.69) is 15.4 Å². The maximum Gasteiger partial charge on any atom is 0.254 e. The predicted molar refractivity (Wildman–Crippen MR) is 98.3 cm³/mol. The lowest BCUT2D eigenvalue weighted by atomic mass is 10.2. The Morgan fingerprint density at radius 3 is 2.85 bits per heavy atom. The Labute approximate surface area is 150 Å². The number of aromatic nitrogens is 3. The van der Waals surface area contributed by atoms with Crippen molar-refractivity contribution in [2.45, 2.75) is 13.3 Å². The van der Waals surface area contributed by atoms with E-state index >= 15 is 0 Å². The van der Waals surface area contributed by atoms with Crippen LogP contribution in [0.5, 0.6) is 0 Å². The van der Waals surface area contributed by atoms with Crippen molar-refractivity contribution in [2.75, 3.05) is 6.54 Å². The molecule has 3 heterocycles. The minimum atomic E-state index is -0.152. The number of carbonyl (C=O) groups excluding carboxylic acids is 1. The average molecular weight is 346 g/mol. The molecule has 1 aromatic carbocycles. The first-order chi connectivity index (χ1) is 12.7. The summed E-state index contributed by atoms with van der Waals surface area (Å²) in [6.07, 6.45) is 3.90. The Kier molecular flexibility index (Phi) is 4.23. The van der Waals surface area contributed by atoms with Gasteiger partial charge in [0.25, 0.3) is 5.91 Å². The number of rotatable bonds is 5. The summed E-state index contributed by atoms with van der Waals surface area (Å²) in [6.45, 7) is 2.35. The number of nitrogens with one attached hydrogen (secondary N) is 1. The fraction of sp³-hybridized carbons (Fsp3) is 0.150. The first kappa shape index (κ1) is 16.1. The number of amides is 1. The van der Waals surface area contributed by atoms with Gasteiger partial charge in [-0.2, -0.15) is 5.10 Å². The molecule has 6 heteroatoms. The molecule has 4 aromatic rings. The zero-order valence-corrected chi connectivity index (χ0v) is 14.3. The van der Waals surface area contributed by atoms with E-state index in [-0.39, 0.29) is 5.91 Å². The van der Waals surface area contributed by atoms with Gasteiger partial charge in [-0.05, 0) is 31.2 Å². The number of furan rings is 1. The van der Waals surface area contributed by atoms with Crippen molar-refractivity contribution in [1.82, 2.24) is 20.1 Å². The Bertz CT molecular complexity index is 1020. The number of nitrogens with zero attached hydrogens (tertiary/aromatic N) is 3. The molecule has 0 unspecified atom stereocenters. The van der Waals surface area contributed by atoms with Crippen LogP contribution in [0.4, 0.5) is 0 Å². The Hall–Kier alpha value is -3.41. The predicted octanol–water partition coefficient (Wildman–Crippen LogP) is 3.29. The van der Waals surface area contributed by atoms with Crippen molar-refractivity contribution in [3.63, 3.8) is 0 Å².